The number of hydrogen-bond acceptors (Lipinski definition) is 11. The lowest BCUT2D eigenvalue weighted by atomic mass is 9.96. The molecule has 0 radical (unpaired) electrons. The third kappa shape index (κ3) is 13.6. The number of H-pyrrole nitrogens is 1. The topological polar surface area (TPSA) is 329 Å². The molecule has 2 fully saturated rings. The quantitative estimate of drug-likeness (QED) is 0.0629. The maximum atomic E-state index is 14.3. The third-order valence-corrected chi connectivity index (χ3v) is 11.3. The fourth-order valence-corrected chi connectivity index (χ4v) is 7.60. The second kappa shape index (κ2) is 23.0. The molecule has 62 heavy (non-hydrogen) atoms. The summed E-state index contributed by atoms with van der Waals surface area (Å²) in [4.78, 5) is 127. The molecule has 0 spiro atoms. The summed E-state index contributed by atoms with van der Waals surface area (Å²) in [5.41, 5.74) is 13.0. The molecule has 8 unspecified atom stereocenters. The summed E-state index contributed by atoms with van der Waals surface area (Å²) in [6.07, 6.45) is 3.39. The molecule has 4 rings (SSSR count). The van der Waals surface area contributed by atoms with Crippen LogP contribution in [0.5, 0.6) is 0 Å². The SMILES string of the molecule is CCC(C)C(NC(=O)C(CCC(N)=O)NC(=O)C1CCCN1C(=O)C1CCCN1C(=O)C(Cc1cnc[nH]1)NC(=O)C(N)Cc1ccccc1)C(=O)NC(CCC(=O)O)C(=O)O. The number of aromatic amines is 1. The number of benzene rings is 1. The van der Waals surface area contributed by atoms with Crippen molar-refractivity contribution in [3.05, 3.63) is 54.1 Å². The van der Waals surface area contributed by atoms with Gasteiger partial charge in [0.15, 0.2) is 0 Å². The Hall–Kier alpha value is -6.38. The molecule has 0 aliphatic carbocycles. The smallest absolute Gasteiger partial charge is 0.326 e. The number of carboxylic acid groups (broad SMARTS) is 2. The Kier molecular flexibility index (Phi) is 17.9. The minimum Gasteiger partial charge on any atom is -0.481 e. The lowest BCUT2D eigenvalue weighted by Crippen LogP contribution is -2.60. The lowest BCUT2D eigenvalue weighted by molar-refractivity contribution is -0.148. The van der Waals surface area contributed by atoms with Gasteiger partial charge in [-0.2, -0.15) is 0 Å². The molecular formula is C41H58N10O11. The Morgan fingerprint density at radius 2 is 1.45 bits per heavy atom. The number of primary amides is 1. The van der Waals surface area contributed by atoms with Gasteiger partial charge in [-0.15, -0.1) is 0 Å². The highest BCUT2D eigenvalue weighted by molar-refractivity contribution is 5.98. The van der Waals surface area contributed by atoms with Crippen molar-refractivity contribution in [1.29, 1.82) is 0 Å². The largest absolute Gasteiger partial charge is 0.481 e. The average molecular weight is 867 g/mol. The van der Waals surface area contributed by atoms with Gasteiger partial charge in [0.25, 0.3) is 0 Å². The number of likely N-dealkylation sites (tertiary alicyclic amines) is 2. The minimum atomic E-state index is -1.56. The van der Waals surface area contributed by atoms with Crippen LogP contribution in [0.25, 0.3) is 0 Å². The van der Waals surface area contributed by atoms with E-state index in [0.29, 0.717) is 25.0 Å². The molecule has 21 heteroatoms. The van der Waals surface area contributed by atoms with E-state index in [0.717, 1.165) is 5.56 Å². The van der Waals surface area contributed by atoms with Crippen LogP contribution < -0.4 is 32.7 Å². The van der Waals surface area contributed by atoms with Crippen molar-refractivity contribution in [1.82, 2.24) is 41.0 Å². The second-order valence-electron chi connectivity index (χ2n) is 15.8. The van der Waals surface area contributed by atoms with Gasteiger partial charge in [-0.05, 0) is 56.4 Å². The highest BCUT2D eigenvalue weighted by atomic mass is 16.4. The fraction of sp³-hybridized carbons (Fsp3) is 0.561. The zero-order chi connectivity index (χ0) is 45.5. The van der Waals surface area contributed by atoms with E-state index in [4.69, 9.17) is 16.6 Å². The van der Waals surface area contributed by atoms with E-state index in [1.165, 1.54) is 22.3 Å². The van der Waals surface area contributed by atoms with Gasteiger partial charge in [-0.3, -0.25) is 38.4 Å². The number of carbonyl (C=O) groups excluding carboxylic acids is 7. The van der Waals surface area contributed by atoms with E-state index < -0.39 is 114 Å². The molecule has 2 aromatic rings. The Morgan fingerprint density at radius 1 is 0.806 bits per heavy atom. The first-order valence-corrected chi connectivity index (χ1v) is 20.8. The van der Waals surface area contributed by atoms with E-state index >= 15 is 0 Å². The lowest BCUT2D eigenvalue weighted by Gasteiger charge is -2.33. The first kappa shape index (κ1) is 48.3. The molecule has 2 aliphatic rings. The minimum absolute atomic E-state index is 0.0357. The van der Waals surface area contributed by atoms with Crippen LogP contribution in [0.1, 0.15) is 82.9 Å². The predicted molar refractivity (Wildman–Crippen MR) is 220 cm³/mol. The molecule has 21 nitrogen and oxygen atoms in total. The van der Waals surface area contributed by atoms with Crippen LogP contribution >= 0.6 is 0 Å². The summed E-state index contributed by atoms with van der Waals surface area (Å²) in [5.74, 6) is -8.14. The molecule has 0 saturated carbocycles. The molecule has 2 saturated heterocycles. The van der Waals surface area contributed by atoms with E-state index in [1.54, 1.807) is 13.8 Å². The standard InChI is InChI=1S/C41H58N10O11/c1-3-23(2)34(38(58)47-28(41(61)62)14-16-33(53)54)49-36(56)27(13-15-32(43)52)46-37(57)30-11-7-17-50(30)40(60)31-12-8-18-51(31)39(59)29(20-25-21-44-22-45-25)48-35(55)26(42)19-24-9-5-4-6-10-24/h4-6,9-10,21-23,26-31,34H,3,7-8,11-20,42H2,1-2H3,(H2,43,52)(H,44,45)(H,46,57)(H,47,58)(H,48,55)(H,49,56)(H,53,54)(H,61,62). The summed E-state index contributed by atoms with van der Waals surface area (Å²) < 4.78 is 0. The number of nitrogens with one attached hydrogen (secondary N) is 5. The highest BCUT2D eigenvalue weighted by Crippen LogP contribution is 2.26. The van der Waals surface area contributed by atoms with Crippen molar-refractivity contribution in [3.63, 3.8) is 0 Å². The molecule has 338 valence electrons. The molecule has 3 heterocycles. The Morgan fingerprint density at radius 3 is 2.06 bits per heavy atom. The molecule has 0 bridgehead atoms. The van der Waals surface area contributed by atoms with Gasteiger partial charge in [0.1, 0.15) is 36.3 Å². The summed E-state index contributed by atoms with van der Waals surface area (Å²) in [7, 11) is 0. The number of hydrogen-bond donors (Lipinski definition) is 9. The van der Waals surface area contributed by atoms with E-state index in [-0.39, 0.29) is 51.6 Å². The summed E-state index contributed by atoms with van der Waals surface area (Å²) in [6, 6.07) is 0.751. The monoisotopic (exact) mass is 866 g/mol. The number of nitrogens with two attached hydrogens (primary N) is 2. The van der Waals surface area contributed by atoms with E-state index in [1.807, 2.05) is 30.3 Å². The zero-order valence-corrected chi connectivity index (χ0v) is 34.9. The first-order chi connectivity index (χ1) is 29.5. The maximum Gasteiger partial charge on any atom is 0.326 e. The van der Waals surface area contributed by atoms with Crippen molar-refractivity contribution in [2.75, 3.05) is 13.1 Å². The molecule has 8 atom stereocenters. The number of amides is 7. The van der Waals surface area contributed by atoms with Crippen LogP contribution in [-0.4, -0.2) is 139 Å². The van der Waals surface area contributed by atoms with Crippen LogP contribution in [-0.2, 0) is 56.0 Å². The normalized spacial score (nSPS) is 19.0. The number of carboxylic acids is 2. The Labute approximate surface area is 358 Å². The number of nitrogens with zero attached hydrogens (tertiary/aromatic N) is 3. The molecule has 2 aliphatic heterocycles. The van der Waals surface area contributed by atoms with Crippen LogP contribution in [0.4, 0.5) is 0 Å². The first-order valence-electron chi connectivity index (χ1n) is 20.8. The van der Waals surface area contributed by atoms with Gasteiger partial charge in [0.05, 0.1) is 12.4 Å². The molecule has 11 N–H and O–H groups in total. The molecule has 1 aromatic carbocycles. The van der Waals surface area contributed by atoms with E-state index in [9.17, 15) is 48.3 Å². The van der Waals surface area contributed by atoms with Gasteiger partial charge in [0, 0.05) is 44.2 Å². The number of rotatable bonds is 23. The van der Waals surface area contributed by atoms with Crippen LogP contribution in [0, 0.1) is 5.92 Å². The van der Waals surface area contributed by atoms with Crippen LogP contribution in [0.3, 0.4) is 0 Å². The van der Waals surface area contributed by atoms with Gasteiger partial charge in [-0.25, -0.2) is 9.78 Å². The highest BCUT2D eigenvalue weighted by Gasteiger charge is 2.44. The van der Waals surface area contributed by atoms with Crippen molar-refractivity contribution in [3.8, 4) is 0 Å². The molecule has 7 amide bonds. The number of imidazole rings is 1. The fourth-order valence-electron chi connectivity index (χ4n) is 7.60. The van der Waals surface area contributed by atoms with Crippen molar-refractivity contribution in [2.24, 2.45) is 17.4 Å². The number of carbonyl (C=O) groups is 9. The maximum absolute atomic E-state index is 14.3. The predicted octanol–water partition coefficient (Wildman–Crippen LogP) is -1.30. The summed E-state index contributed by atoms with van der Waals surface area (Å²) in [6.45, 7) is 3.73. The Bertz CT molecular complexity index is 1910. The van der Waals surface area contributed by atoms with Gasteiger partial charge < -0.3 is 57.7 Å². The zero-order valence-electron chi connectivity index (χ0n) is 34.9. The third-order valence-electron chi connectivity index (χ3n) is 11.3. The van der Waals surface area contributed by atoms with Crippen molar-refractivity contribution in [2.45, 2.75) is 127 Å². The Balaban J connectivity index is 1.48. The average Bonchev–Trinajstić information content (AvgIpc) is 4.05. The van der Waals surface area contributed by atoms with E-state index in [2.05, 4.69) is 31.2 Å². The molecule has 1 aromatic heterocycles. The van der Waals surface area contributed by atoms with Gasteiger partial charge in [-0.1, -0.05) is 50.6 Å². The van der Waals surface area contributed by atoms with Crippen molar-refractivity contribution < 1.29 is 53.4 Å². The number of aromatic nitrogens is 2. The summed E-state index contributed by atoms with van der Waals surface area (Å²) >= 11 is 0. The van der Waals surface area contributed by atoms with Crippen LogP contribution in [0.15, 0.2) is 42.9 Å². The summed E-state index contributed by atoms with van der Waals surface area (Å²) in [5, 5.41) is 28.8. The van der Waals surface area contributed by atoms with Crippen molar-refractivity contribution >= 4 is 53.3 Å². The molecular weight excluding hydrogens is 809 g/mol. The number of aliphatic carboxylic acids is 2. The second-order valence-corrected chi connectivity index (χ2v) is 15.8. The van der Waals surface area contributed by atoms with Crippen LogP contribution in [0.2, 0.25) is 0 Å². The van der Waals surface area contributed by atoms with Gasteiger partial charge in [0.2, 0.25) is 41.4 Å². The van der Waals surface area contributed by atoms with Gasteiger partial charge >= 0.3 is 11.9 Å².